The van der Waals surface area contributed by atoms with Gasteiger partial charge in [-0.1, -0.05) is 91.0 Å². The highest BCUT2D eigenvalue weighted by Crippen LogP contribution is 2.48. The second-order valence-corrected chi connectivity index (χ2v) is 9.03. The van der Waals surface area contributed by atoms with Crippen molar-refractivity contribution < 1.29 is 14.2 Å². The third-order valence-corrected chi connectivity index (χ3v) is 7.51. The van der Waals surface area contributed by atoms with Crippen LogP contribution >= 0.6 is 7.14 Å². The third kappa shape index (κ3) is 3.91. The highest BCUT2D eigenvalue weighted by Gasteiger charge is 2.42. The number of rotatable bonds is 6. The number of carbonyl (C=O) groups excluding carboxylic acids is 2. The average molecular weight is 377 g/mol. The van der Waals surface area contributed by atoms with E-state index in [4.69, 9.17) is 0 Å². The highest BCUT2D eigenvalue weighted by atomic mass is 31.2. The lowest BCUT2D eigenvalue weighted by atomic mass is 10.1. The first-order valence-corrected chi connectivity index (χ1v) is 10.4. The summed E-state index contributed by atoms with van der Waals surface area (Å²) in [5.41, 5.74) is 0.406. The molecule has 0 bridgehead atoms. The number of nitrogens with one attached hydrogen (secondary N) is 1. The van der Waals surface area contributed by atoms with Crippen LogP contribution in [0.25, 0.3) is 0 Å². The van der Waals surface area contributed by atoms with E-state index >= 15 is 0 Å². The second kappa shape index (κ2) is 8.15. The lowest BCUT2D eigenvalue weighted by Gasteiger charge is -2.28. The van der Waals surface area contributed by atoms with Crippen molar-refractivity contribution in [3.63, 3.8) is 0 Å². The lowest BCUT2D eigenvalue weighted by Crippen LogP contribution is -2.44. The maximum atomic E-state index is 14.4. The molecular weight excluding hydrogens is 357 g/mol. The fourth-order valence-corrected chi connectivity index (χ4v) is 5.99. The van der Waals surface area contributed by atoms with Crippen LogP contribution in [0, 0.1) is 0 Å². The number of Topliss-reactive ketones (excluding diaryl/α,β-unsaturated/α-hetero) is 1. The molecule has 0 saturated carbocycles. The molecule has 0 spiro atoms. The lowest BCUT2D eigenvalue weighted by molar-refractivity contribution is -0.119. The van der Waals surface area contributed by atoms with Gasteiger partial charge in [0.1, 0.15) is 0 Å². The topological polar surface area (TPSA) is 63.2 Å². The molecule has 3 aromatic carbocycles. The van der Waals surface area contributed by atoms with Crippen molar-refractivity contribution in [2.24, 2.45) is 0 Å². The van der Waals surface area contributed by atoms with E-state index < -0.39 is 18.8 Å². The van der Waals surface area contributed by atoms with Crippen molar-refractivity contribution in [3.8, 4) is 0 Å². The Morgan fingerprint density at radius 2 is 1.15 bits per heavy atom. The van der Waals surface area contributed by atoms with Crippen LogP contribution in [0.3, 0.4) is 0 Å². The predicted molar refractivity (Wildman–Crippen MR) is 108 cm³/mol. The Bertz CT molecular complexity index is 929. The van der Waals surface area contributed by atoms with Crippen molar-refractivity contribution in [1.29, 1.82) is 0 Å². The van der Waals surface area contributed by atoms with E-state index in [2.05, 4.69) is 5.32 Å². The molecule has 0 unspecified atom stereocenters. The molecule has 3 aromatic rings. The number of hydrogen-bond acceptors (Lipinski definition) is 3. The third-order valence-electron chi connectivity index (χ3n) is 4.29. The fourth-order valence-electron chi connectivity index (χ4n) is 3.02. The van der Waals surface area contributed by atoms with Crippen LogP contribution in [0.15, 0.2) is 91.0 Å². The Kier molecular flexibility index (Phi) is 5.68. The summed E-state index contributed by atoms with van der Waals surface area (Å²) in [5.74, 6) is -1.96. The van der Waals surface area contributed by atoms with Gasteiger partial charge in [0.05, 0.1) is 0 Å². The van der Waals surface area contributed by atoms with Gasteiger partial charge in [0.2, 0.25) is 5.91 Å². The summed E-state index contributed by atoms with van der Waals surface area (Å²) in [6, 6.07) is 26.3. The summed E-state index contributed by atoms with van der Waals surface area (Å²) in [7, 11) is -3.49. The van der Waals surface area contributed by atoms with E-state index in [0.717, 1.165) is 0 Å². The Morgan fingerprint density at radius 3 is 1.56 bits per heavy atom. The van der Waals surface area contributed by atoms with Crippen LogP contribution in [0.4, 0.5) is 0 Å². The molecule has 136 valence electrons. The molecule has 0 aliphatic rings. The molecule has 0 heterocycles. The number of amides is 1. The average Bonchev–Trinajstić information content (AvgIpc) is 2.73. The van der Waals surface area contributed by atoms with Gasteiger partial charge in [0.25, 0.3) is 0 Å². The first-order valence-electron chi connectivity index (χ1n) is 8.61. The van der Waals surface area contributed by atoms with Gasteiger partial charge in [-0.3, -0.25) is 9.59 Å². The summed E-state index contributed by atoms with van der Waals surface area (Å²) in [6.45, 7) is 1.33. The van der Waals surface area contributed by atoms with E-state index in [1.165, 1.54) is 6.92 Å². The van der Waals surface area contributed by atoms with Crippen LogP contribution in [-0.2, 0) is 9.36 Å². The molecule has 3 rings (SSSR count). The summed E-state index contributed by atoms with van der Waals surface area (Å²) in [6.07, 6.45) is 0. The van der Waals surface area contributed by atoms with E-state index in [1.54, 1.807) is 78.9 Å². The van der Waals surface area contributed by atoms with Crippen molar-refractivity contribution in [2.45, 2.75) is 12.7 Å². The van der Waals surface area contributed by atoms with E-state index in [0.29, 0.717) is 16.2 Å². The molecule has 5 heteroatoms. The van der Waals surface area contributed by atoms with Gasteiger partial charge in [0.15, 0.2) is 18.7 Å². The number of carbonyl (C=O) groups is 2. The van der Waals surface area contributed by atoms with Crippen molar-refractivity contribution in [3.05, 3.63) is 96.6 Å². The van der Waals surface area contributed by atoms with E-state index in [-0.39, 0.29) is 5.78 Å². The first-order chi connectivity index (χ1) is 13.0. The zero-order valence-electron chi connectivity index (χ0n) is 14.9. The van der Waals surface area contributed by atoms with Gasteiger partial charge >= 0.3 is 0 Å². The van der Waals surface area contributed by atoms with E-state index in [9.17, 15) is 14.2 Å². The minimum Gasteiger partial charge on any atom is -0.339 e. The molecule has 0 aliphatic carbocycles. The number of ketones is 1. The maximum absolute atomic E-state index is 14.4. The van der Waals surface area contributed by atoms with Gasteiger partial charge in [-0.25, -0.2) is 0 Å². The molecule has 0 saturated heterocycles. The van der Waals surface area contributed by atoms with Gasteiger partial charge in [0, 0.05) is 23.1 Å². The molecule has 0 fully saturated rings. The van der Waals surface area contributed by atoms with Crippen LogP contribution in [0.5, 0.6) is 0 Å². The fraction of sp³-hybridized carbons (Fsp3) is 0.0909. The van der Waals surface area contributed by atoms with Crippen LogP contribution < -0.4 is 15.9 Å². The molecule has 4 nitrogen and oxygen atoms in total. The SMILES string of the molecule is CC(=O)N[C@@H](C(=O)c1ccccc1)P(=O)(c1ccccc1)c1ccccc1. The summed E-state index contributed by atoms with van der Waals surface area (Å²) in [4.78, 5) is 25.2. The molecule has 0 aromatic heterocycles. The summed E-state index contributed by atoms with van der Waals surface area (Å²) < 4.78 is 14.4. The van der Waals surface area contributed by atoms with Gasteiger partial charge in [-0.2, -0.15) is 0 Å². The van der Waals surface area contributed by atoms with Crippen LogP contribution in [0.1, 0.15) is 17.3 Å². The smallest absolute Gasteiger partial charge is 0.217 e. The van der Waals surface area contributed by atoms with Gasteiger partial charge < -0.3 is 9.88 Å². The Morgan fingerprint density at radius 1 is 0.741 bits per heavy atom. The quantitative estimate of drug-likeness (QED) is 0.529. The molecule has 0 aliphatic heterocycles. The molecule has 1 atom stereocenters. The molecule has 1 N–H and O–H groups in total. The van der Waals surface area contributed by atoms with Crippen molar-refractivity contribution >= 4 is 29.4 Å². The standard InChI is InChI=1S/C22H20NO3P/c1-17(24)23-22(21(25)18-11-5-2-6-12-18)27(26,19-13-7-3-8-14-19)20-15-9-4-10-16-20/h2-16,22H,1H3,(H,23,24)/t22-/m1/s1. The molecule has 27 heavy (non-hydrogen) atoms. The number of hydrogen-bond donors (Lipinski definition) is 1. The van der Waals surface area contributed by atoms with Crippen molar-refractivity contribution in [2.75, 3.05) is 0 Å². The summed E-state index contributed by atoms with van der Waals surface area (Å²) >= 11 is 0. The molecular formula is C22H20NO3P. The second-order valence-electron chi connectivity index (χ2n) is 6.16. The first kappa shape index (κ1) is 18.8. The Hall–Kier alpha value is -2.97. The molecule has 0 radical (unpaired) electrons. The Balaban J connectivity index is 2.22. The zero-order valence-corrected chi connectivity index (χ0v) is 15.8. The zero-order chi connectivity index (χ0) is 19.3. The predicted octanol–water partition coefficient (Wildman–Crippen LogP) is 3.35. The van der Waals surface area contributed by atoms with Gasteiger partial charge in [-0.15, -0.1) is 0 Å². The largest absolute Gasteiger partial charge is 0.339 e. The summed E-state index contributed by atoms with van der Waals surface area (Å²) in [5, 5.41) is 3.72. The monoisotopic (exact) mass is 377 g/mol. The maximum Gasteiger partial charge on any atom is 0.217 e. The van der Waals surface area contributed by atoms with Crippen LogP contribution in [-0.4, -0.2) is 17.5 Å². The minimum atomic E-state index is -3.49. The van der Waals surface area contributed by atoms with E-state index in [1.807, 2.05) is 12.1 Å². The minimum absolute atomic E-state index is 0.373. The van der Waals surface area contributed by atoms with Gasteiger partial charge in [-0.05, 0) is 0 Å². The van der Waals surface area contributed by atoms with Crippen LogP contribution in [0.2, 0.25) is 0 Å². The highest BCUT2D eigenvalue weighted by molar-refractivity contribution is 7.80. The number of benzene rings is 3. The Labute approximate surface area is 158 Å². The molecule has 1 amide bonds. The van der Waals surface area contributed by atoms with Crippen molar-refractivity contribution in [1.82, 2.24) is 5.32 Å². The normalized spacial score (nSPS) is 12.2.